The molecule has 2 amide bonds. The van der Waals surface area contributed by atoms with Crippen LogP contribution in [0.1, 0.15) is 53.9 Å². The van der Waals surface area contributed by atoms with Gasteiger partial charge in [0.25, 0.3) is 0 Å². The highest BCUT2D eigenvalue weighted by atomic mass is 16.6. The first kappa shape index (κ1) is 23.4. The van der Waals surface area contributed by atoms with Crippen molar-refractivity contribution in [2.24, 2.45) is 5.92 Å². The molecule has 0 saturated heterocycles. The average molecular weight is 415 g/mol. The highest BCUT2D eigenvalue weighted by Crippen LogP contribution is 2.30. The molecule has 0 saturated carbocycles. The zero-order valence-electron chi connectivity index (χ0n) is 18.7. The summed E-state index contributed by atoms with van der Waals surface area (Å²) in [4.78, 5) is 28.5. The number of aromatic nitrogens is 1. The summed E-state index contributed by atoms with van der Waals surface area (Å²) in [6, 6.07) is 7.88. The van der Waals surface area contributed by atoms with Crippen LogP contribution in [0, 0.1) is 5.92 Å². The van der Waals surface area contributed by atoms with Gasteiger partial charge in [0.15, 0.2) is 0 Å². The quantitative estimate of drug-likeness (QED) is 0.506. The van der Waals surface area contributed by atoms with E-state index in [1.807, 2.05) is 45.0 Å². The number of nitrogens with one attached hydrogen (secondary N) is 3. The first-order valence-corrected chi connectivity index (χ1v) is 10.5. The second-order valence-electron chi connectivity index (χ2n) is 8.77. The molecule has 7 nitrogen and oxygen atoms in total. The van der Waals surface area contributed by atoms with Gasteiger partial charge in [-0.1, -0.05) is 32.0 Å². The number of carbonyl (C=O) groups is 2. The molecular weight excluding hydrogens is 380 g/mol. The Kier molecular flexibility index (Phi) is 8.45. The van der Waals surface area contributed by atoms with Crippen LogP contribution in [0.15, 0.2) is 30.5 Å². The molecule has 0 unspecified atom stereocenters. The number of carbonyl (C=O) groups excluding carboxylic acids is 2. The van der Waals surface area contributed by atoms with Crippen molar-refractivity contribution in [2.45, 2.75) is 59.5 Å². The van der Waals surface area contributed by atoms with Crippen LogP contribution in [0.4, 0.5) is 16.2 Å². The van der Waals surface area contributed by atoms with Gasteiger partial charge >= 0.3 is 6.09 Å². The maximum absolute atomic E-state index is 12.4. The first-order valence-electron chi connectivity index (χ1n) is 10.5. The molecule has 3 N–H and O–H groups in total. The number of amides is 2. The van der Waals surface area contributed by atoms with Gasteiger partial charge in [-0.05, 0) is 45.6 Å². The molecule has 1 aromatic heterocycles. The number of fused-ring (bicyclic) bond motifs is 1. The largest absolute Gasteiger partial charge is 0.444 e. The standard InChI is InChI=1S/C23H34N4O3/c1-16(2)14-26-21-17-10-6-7-11-18(17)25-15-19(21)27-20(28)12-8-9-13-24-22(29)30-23(3,4)5/h6-7,10-11,15-16H,8-9,12-14H2,1-5H3,(H,24,29)(H,25,26)(H,27,28). The van der Waals surface area contributed by atoms with Gasteiger partial charge in [-0.3, -0.25) is 9.78 Å². The van der Waals surface area contributed by atoms with Gasteiger partial charge in [0.2, 0.25) is 5.91 Å². The van der Waals surface area contributed by atoms with Crippen LogP contribution in [0.2, 0.25) is 0 Å². The second kappa shape index (κ2) is 10.8. The van der Waals surface area contributed by atoms with E-state index in [0.717, 1.165) is 23.1 Å². The minimum Gasteiger partial charge on any atom is -0.444 e. The van der Waals surface area contributed by atoms with Gasteiger partial charge in [-0.25, -0.2) is 4.79 Å². The molecule has 0 atom stereocenters. The maximum Gasteiger partial charge on any atom is 0.407 e. The number of rotatable bonds is 9. The van der Waals surface area contributed by atoms with Gasteiger partial charge in [-0.2, -0.15) is 0 Å². The van der Waals surface area contributed by atoms with E-state index < -0.39 is 11.7 Å². The molecule has 0 aliphatic carbocycles. The molecule has 164 valence electrons. The van der Waals surface area contributed by atoms with E-state index in [9.17, 15) is 9.59 Å². The fraction of sp³-hybridized carbons (Fsp3) is 0.522. The predicted molar refractivity (Wildman–Crippen MR) is 122 cm³/mol. The van der Waals surface area contributed by atoms with Crippen molar-refractivity contribution >= 4 is 34.3 Å². The fourth-order valence-electron chi connectivity index (χ4n) is 2.86. The van der Waals surface area contributed by atoms with Crippen LogP contribution in [-0.2, 0) is 9.53 Å². The summed E-state index contributed by atoms with van der Waals surface area (Å²) in [6.07, 6.45) is 2.99. The topological polar surface area (TPSA) is 92.3 Å². The Hall–Kier alpha value is -2.83. The van der Waals surface area contributed by atoms with E-state index in [1.54, 1.807) is 6.20 Å². The molecule has 1 aromatic carbocycles. The third-order valence-electron chi connectivity index (χ3n) is 4.24. The lowest BCUT2D eigenvalue weighted by molar-refractivity contribution is -0.116. The predicted octanol–water partition coefficient (Wildman–Crippen LogP) is 4.94. The number of unbranched alkanes of at least 4 members (excludes halogenated alkanes) is 1. The number of hydrogen-bond donors (Lipinski definition) is 3. The van der Waals surface area contributed by atoms with E-state index in [2.05, 4.69) is 34.8 Å². The lowest BCUT2D eigenvalue weighted by Crippen LogP contribution is -2.33. The van der Waals surface area contributed by atoms with Crippen LogP contribution in [0.5, 0.6) is 0 Å². The van der Waals surface area contributed by atoms with Crippen molar-refractivity contribution < 1.29 is 14.3 Å². The van der Waals surface area contributed by atoms with E-state index in [1.165, 1.54) is 0 Å². The van der Waals surface area contributed by atoms with Crippen LogP contribution in [0.25, 0.3) is 10.9 Å². The molecule has 2 rings (SSSR count). The SMILES string of the molecule is CC(C)CNc1c(NC(=O)CCCCNC(=O)OC(C)(C)C)cnc2ccccc12. The van der Waals surface area contributed by atoms with E-state index in [-0.39, 0.29) is 5.91 Å². The fourth-order valence-corrected chi connectivity index (χ4v) is 2.86. The Balaban J connectivity index is 1.88. The Morgan fingerprint density at radius 2 is 1.87 bits per heavy atom. The number of nitrogens with zero attached hydrogens (tertiary/aromatic N) is 1. The van der Waals surface area contributed by atoms with Crippen molar-refractivity contribution in [3.63, 3.8) is 0 Å². The van der Waals surface area contributed by atoms with Gasteiger partial charge in [0.1, 0.15) is 5.60 Å². The number of pyridine rings is 1. The average Bonchev–Trinajstić information content (AvgIpc) is 2.65. The monoisotopic (exact) mass is 414 g/mol. The number of para-hydroxylation sites is 1. The summed E-state index contributed by atoms with van der Waals surface area (Å²) in [5, 5.41) is 10.1. The molecule has 0 aliphatic heterocycles. The molecule has 0 spiro atoms. The van der Waals surface area contributed by atoms with Gasteiger partial charge in [-0.15, -0.1) is 0 Å². The molecule has 0 radical (unpaired) electrons. The highest BCUT2D eigenvalue weighted by molar-refractivity contribution is 6.02. The normalized spacial score (nSPS) is 11.4. The highest BCUT2D eigenvalue weighted by Gasteiger charge is 2.15. The van der Waals surface area contributed by atoms with Crippen molar-refractivity contribution in [3.05, 3.63) is 30.5 Å². The summed E-state index contributed by atoms with van der Waals surface area (Å²) in [5.74, 6) is 0.398. The summed E-state index contributed by atoms with van der Waals surface area (Å²) >= 11 is 0. The Morgan fingerprint density at radius 1 is 1.13 bits per heavy atom. The summed E-state index contributed by atoms with van der Waals surface area (Å²) < 4.78 is 5.19. The smallest absolute Gasteiger partial charge is 0.407 e. The van der Waals surface area contributed by atoms with Crippen LogP contribution < -0.4 is 16.0 Å². The van der Waals surface area contributed by atoms with Gasteiger partial charge in [0.05, 0.1) is 23.1 Å². The van der Waals surface area contributed by atoms with Crippen LogP contribution in [0.3, 0.4) is 0 Å². The zero-order chi connectivity index (χ0) is 22.1. The molecular formula is C23H34N4O3. The van der Waals surface area contributed by atoms with Crippen LogP contribution >= 0.6 is 0 Å². The second-order valence-corrected chi connectivity index (χ2v) is 8.77. The van der Waals surface area contributed by atoms with Crippen molar-refractivity contribution in [1.29, 1.82) is 0 Å². The van der Waals surface area contributed by atoms with Crippen molar-refractivity contribution in [2.75, 3.05) is 23.7 Å². The summed E-state index contributed by atoms with van der Waals surface area (Å²) in [5.41, 5.74) is 1.95. The number of hydrogen-bond acceptors (Lipinski definition) is 5. The minimum absolute atomic E-state index is 0.0723. The van der Waals surface area contributed by atoms with E-state index >= 15 is 0 Å². The number of benzene rings is 1. The lowest BCUT2D eigenvalue weighted by atomic mass is 10.1. The minimum atomic E-state index is -0.515. The van der Waals surface area contributed by atoms with Gasteiger partial charge < -0.3 is 20.7 Å². The van der Waals surface area contributed by atoms with Crippen molar-refractivity contribution in [3.8, 4) is 0 Å². The molecule has 30 heavy (non-hydrogen) atoms. The molecule has 1 heterocycles. The van der Waals surface area contributed by atoms with Crippen molar-refractivity contribution in [1.82, 2.24) is 10.3 Å². The molecule has 0 aliphatic rings. The number of alkyl carbamates (subject to hydrolysis) is 1. The molecule has 7 heteroatoms. The molecule has 0 bridgehead atoms. The lowest BCUT2D eigenvalue weighted by Gasteiger charge is -2.19. The third kappa shape index (κ3) is 7.89. The summed E-state index contributed by atoms with van der Waals surface area (Å²) in [6.45, 7) is 11.0. The van der Waals surface area contributed by atoms with E-state index in [0.29, 0.717) is 37.4 Å². The molecule has 2 aromatic rings. The Labute approximate surface area is 179 Å². The number of ether oxygens (including phenoxy) is 1. The van der Waals surface area contributed by atoms with Crippen LogP contribution in [-0.4, -0.2) is 35.7 Å². The Bertz CT molecular complexity index is 859. The number of anilines is 2. The molecule has 0 fully saturated rings. The maximum atomic E-state index is 12.4. The zero-order valence-corrected chi connectivity index (χ0v) is 18.7. The summed E-state index contributed by atoms with van der Waals surface area (Å²) in [7, 11) is 0. The Morgan fingerprint density at radius 3 is 2.57 bits per heavy atom. The van der Waals surface area contributed by atoms with Gasteiger partial charge in [0, 0.05) is 24.9 Å². The third-order valence-corrected chi connectivity index (χ3v) is 4.24. The first-order chi connectivity index (χ1) is 14.2. The van der Waals surface area contributed by atoms with E-state index in [4.69, 9.17) is 4.74 Å².